The smallest absolute Gasteiger partial charge is 0.330 e. The van der Waals surface area contributed by atoms with E-state index < -0.39 is 42.4 Å². The van der Waals surface area contributed by atoms with Crippen LogP contribution in [0.1, 0.15) is 11.8 Å². The van der Waals surface area contributed by atoms with E-state index >= 15 is 0 Å². The number of halogens is 1. The van der Waals surface area contributed by atoms with Crippen molar-refractivity contribution in [2.24, 2.45) is 0 Å². The fourth-order valence-electron chi connectivity index (χ4n) is 1.98. The lowest BCUT2D eigenvalue weighted by Crippen LogP contribution is -2.38. The van der Waals surface area contributed by atoms with E-state index in [-0.39, 0.29) is 5.56 Å². The van der Waals surface area contributed by atoms with E-state index in [0.717, 1.165) is 4.57 Å². The van der Waals surface area contributed by atoms with E-state index in [9.17, 15) is 14.7 Å². The number of nitrogens with one attached hydrogen (secondary N) is 1. The Labute approximate surface area is 112 Å². The molecule has 0 radical (unpaired) electrons. The van der Waals surface area contributed by atoms with Gasteiger partial charge < -0.3 is 14.9 Å². The SMILES string of the molecule is Cc1cn([C@@H]2O[C@H](CO)[C@@H](OCl)[C@H]2O)c(=O)[nH]c1=O. The Hall–Kier alpha value is -1.19. The molecule has 106 valence electrons. The van der Waals surface area contributed by atoms with Crippen LogP contribution in [0, 0.1) is 6.92 Å². The molecule has 0 aromatic carbocycles. The Bertz CT molecular complexity index is 570. The number of rotatable bonds is 3. The first-order valence-corrected chi connectivity index (χ1v) is 5.84. The second kappa shape index (κ2) is 5.43. The summed E-state index contributed by atoms with van der Waals surface area (Å²) >= 11 is 5.23. The number of aryl methyl sites for hydroxylation is 1. The molecule has 0 spiro atoms. The molecule has 9 heteroatoms. The zero-order valence-corrected chi connectivity index (χ0v) is 10.7. The Morgan fingerprint density at radius 2 is 2.26 bits per heavy atom. The van der Waals surface area contributed by atoms with Gasteiger partial charge >= 0.3 is 5.69 Å². The molecule has 1 aromatic rings. The zero-order valence-electron chi connectivity index (χ0n) is 9.95. The molecule has 1 saturated heterocycles. The third-order valence-corrected chi connectivity index (χ3v) is 3.22. The van der Waals surface area contributed by atoms with Crippen molar-refractivity contribution in [1.82, 2.24) is 9.55 Å². The van der Waals surface area contributed by atoms with Gasteiger partial charge in [-0.15, -0.1) is 0 Å². The summed E-state index contributed by atoms with van der Waals surface area (Å²) in [6.07, 6.45) is -2.92. The van der Waals surface area contributed by atoms with Crippen LogP contribution in [0.5, 0.6) is 0 Å². The zero-order chi connectivity index (χ0) is 14.2. The Balaban J connectivity index is 2.41. The van der Waals surface area contributed by atoms with Crippen LogP contribution in [0.4, 0.5) is 0 Å². The molecule has 19 heavy (non-hydrogen) atoms. The Kier molecular flexibility index (Phi) is 4.07. The van der Waals surface area contributed by atoms with Gasteiger partial charge in [-0.2, -0.15) is 0 Å². The summed E-state index contributed by atoms with van der Waals surface area (Å²) < 4.78 is 10.9. The summed E-state index contributed by atoms with van der Waals surface area (Å²) in [7, 11) is 0. The van der Waals surface area contributed by atoms with Crippen LogP contribution in [0.25, 0.3) is 0 Å². The van der Waals surface area contributed by atoms with Crippen molar-refractivity contribution in [3.05, 3.63) is 32.6 Å². The van der Waals surface area contributed by atoms with Crippen molar-refractivity contribution >= 4 is 11.9 Å². The lowest BCUT2D eigenvalue weighted by molar-refractivity contribution is -0.0544. The van der Waals surface area contributed by atoms with Gasteiger partial charge in [-0.05, 0) is 6.92 Å². The van der Waals surface area contributed by atoms with Crippen LogP contribution in [0.15, 0.2) is 15.8 Å². The molecule has 8 nitrogen and oxygen atoms in total. The first-order chi connectivity index (χ1) is 8.99. The van der Waals surface area contributed by atoms with E-state index in [4.69, 9.17) is 21.7 Å². The largest absolute Gasteiger partial charge is 0.394 e. The van der Waals surface area contributed by atoms with Gasteiger partial charge in [0, 0.05) is 11.8 Å². The fourth-order valence-corrected chi connectivity index (χ4v) is 2.20. The summed E-state index contributed by atoms with van der Waals surface area (Å²) in [5.41, 5.74) is -0.963. The molecular formula is C10H13ClN2O6. The van der Waals surface area contributed by atoms with Gasteiger partial charge in [0.05, 0.1) is 18.5 Å². The van der Waals surface area contributed by atoms with Crippen LogP contribution in [0.2, 0.25) is 0 Å². The fraction of sp³-hybridized carbons (Fsp3) is 0.600. The maximum Gasteiger partial charge on any atom is 0.330 e. The molecule has 2 heterocycles. The molecule has 1 aliphatic heterocycles. The number of aliphatic hydroxyl groups is 2. The van der Waals surface area contributed by atoms with E-state index in [1.54, 1.807) is 0 Å². The quantitative estimate of drug-likeness (QED) is 0.634. The number of H-pyrrole nitrogens is 1. The number of nitrogens with zero attached hydrogens (tertiary/aromatic N) is 1. The number of aliphatic hydroxyl groups excluding tert-OH is 2. The lowest BCUT2D eigenvalue weighted by Gasteiger charge is -2.17. The normalized spacial score (nSPS) is 30.7. The summed E-state index contributed by atoms with van der Waals surface area (Å²) in [6, 6.07) is 0. The van der Waals surface area contributed by atoms with Crippen molar-refractivity contribution in [2.75, 3.05) is 6.61 Å². The first kappa shape index (κ1) is 14.2. The molecule has 0 saturated carbocycles. The van der Waals surface area contributed by atoms with Crippen LogP contribution < -0.4 is 11.2 Å². The number of aromatic amines is 1. The Morgan fingerprint density at radius 3 is 2.79 bits per heavy atom. The highest BCUT2D eigenvalue weighted by atomic mass is 35.5. The minimum atomic E-state index is -1.25. The van der Waals surface area contributed by atoms with Crippen molar-refractivity contribution in [3.63, 3.8) is 0 Å². The first-order valence-electron chi connectivity index (χ1n) is 5.53. The monoisotopic (exact) mass is 292 g/mol. The highest BCUT2D eigenvalue weighted by Crippen LogP contribution is 2.30. The van der Waals surface area contributed by atoms with Crippen molar-refractivity contribution < 1.29 is 19.2 Å². The summed E-state index contributed by atoms with van der Waals surface area (Å²) in [4.78, 5) is 25.1. The summed E-state index contributed by atoms with van der Waals surface area (Å²) in [5.74, 6) is 0. The molecular weight excluding hydrogens is 280 g/mol. The number of hydrogen-bond donors (Lipinski definition) is 3. The van der Waals surface area contributed by atoms with Crippen molar-refractivity contribution in [3.8, 4) is 0 Å². The molecule has 1 aliphatic rings. The molecule has 1 fully saturated rings. The molecule has 4 atom stereocenters. The third-order valence-electron chi connectivity index (χ3n) is 3.01. The van der Waals surface area contributed by atoms with Crippen molar-refractivity contribution in [1.29, 1.82) is 0 Å². The highest BCUT2D eigenvalue weighted by molar-refractivity contribution is 6.07. The van der Waals surface area contributed by atoms with E-state index in [2.05, 4.69) is 9.27 Å². The van der Waals surface area contributed by atoms with Gasteiger partial charge in [0.2, 0.25) is 0 Å². The van der Waals surface area contributed by atoms with E-state index in [1.807, 2.05) is 0 Å². The maximum atomic E-state index is 11.7. The minimum Gasteiger partial charge on any atom is -0.394 e. The van der Waals surface area contributed by atoms with Gasteiger partial charge in [-0.25, -0.2) is 4.79 Å². The summed E-state index contributed by atoms with van der Waals surface area (Å²) in [6.45, 7) is 1.08. The molecule has 0 bridgehead atoms. The number of hydrogen-bond acceptors (Lipinski definition) is 6. The van der Waals surface area contributed by atoms with Crippen LogP contribution in [-0.2, 0) is 9.03 Å². The maximum absolute atomic E-state index is 11.7. The van der Waals surface area contributed by atoms with E-state index in [0.29, 0.717) is 0 Å². The van der Waals surface area contributed by atoms with Gasteiger partial charge in [0.15, 0.2) is 6.23 Å². The summed E-state index contributed by atoms with van der Waals surface area (Å²) in [5, 5.41) is 19.1. The average molecular weight is 293 g/mol. The highest BCUT2D eigenvalue weighted by Gasteiger charge is 2.45. The van der Waals surface area contributed by atoms with Crippen molar-refractivity contribution in [2.45, 2.75) is 31.5 Å². The second-order valence-corrected chi connectivity index (χ2v) is 4.45. The number of ether oxygens (including phenoxy) is 1. The third kappa shape index (κ3) is 2.45. The van der Waals surface area contributed by atoms with Crippen LogP contribution in [0.3, 0.4) is 0 Å². The lowest BCUT2D eigenvalue weighted by atomic mass is 10.1. The standard InChI is InChI=1S/C10H13ClN2O6/c1-4-2-13(10(17)12-8(4)16)9-6(15)7(19-11)5(3-14)18-9/h2,5-7,9,14-15H,3H2,1H3,(H,12,16,17)/t5-,6-,7-,9-/m1/s1. The minimum absolute atomic E-state index is 0.284. The molecule has 0 aliphatic carbocycles. The second-order valence-electron chi connectivity index (χ2n) is 4.27. The molecule has 3 N–H and O–H groups in total. The predicted molar refractivity (Wildman–Crippen MR) is 63.8 cm³/mol. The Morgan fingerprint density at radius 1 is 1.58 bits per heavy atom. The number of aromatic nitrogens is 2. The molecule has 2 rings (SSSR count). The predicted octanol–water partition coefficient (Wildman–Crippen LogP) is -1.37. The molecule has 0 amide bonds. The van der Waals surface area contributed by atoms with Gasteiger partial charge in [-0.3, -0.25) is 18.6 Å². The van der Waals surface area contributed by atoms with Gasteiger partial charge in [-0.1, -0.05) is 0 Å². The van der Waals surface area contributed by atoms with E-state index in [1.165, 1.54) is 13.1 Å². The van der Waals surface area contributed by atoms with Gasteiger partial charge in [0.25, 0.3) is 5.56 Å². The van der Waals surface area contributed by atoms with Crippen LogP contribution in [-0.4, -0.2) is 44.7 Å². The molecule has 0 unspecified atom stereocenters. The topological polar surface area (TPSA) is 114 Å². The molecule has 1 aromatic heterocycles. The van der Waals surface area contributed by atoms with Crippen LogP contribution >= 0.6 is 11.9 Å². The average Bonchev–Trinajstić information content (AvgIpc) is 2.70. The van der Waals surface area contributed by atoms with Gasteiger partial charge in [0.1, 0.15) is 18.3 Å².